The van der Waals surface area contributed by atoms with Gasteiger partial charge in [-0.25, -0.2) is 9.59 Å². The van der Waals surface area contributed by atoms with Crippen LogP contribution in [-0.4, -0.2) is 120 Å². The van der Waals surface area contributed by atoms with Crippen LogP contribution < -0.4 is 124 Å². The van der Waals surface area contributed by atoms with Crippen molar-refractivity contribution < 1.29 is 207 Å². The molecule has 0 spiro atoms. The molecule has 0 fully saturated rings. The van der Waals surface area contributed by atoms with E-state index < -0.39 is 82.8 Å². The van der Waals surface area contributed by atoms with Gasteiger partial charge in [0.1, 0.15) is 0 Å². The van der Waals surface area contributed by atoms with E-state index in [9.17, 15) is 37.2 Å². The molecule has 0 aromatic rings. The van der Waals surface area contributed by atoms with Gasteiger partial charge in [0.25, 0.3) is 10.1 Å². The number of nitrogens with one attached hydrogen (secondary N) is 1. The van der Waals surface area contributed by atoms with Gasteiger partial charge in [-0.05, 0) is 7.05 Å². The molecule has 18 nitrogen and oxygen atoms in total. The third kappa shape index (κ3) is 32.8. The Bertz CT molecular complexity index is 802. The van der Waals surface area contributed by atoms with Crippen LogP contribution >= 0.6 is 0 Å². The molecule has 0 aromatic heterocycles. The van der Waals surface area contributed by atoms with Crippen molar-refractivity contribution >= 4 is 45.9 Å². The number of rotatable bonds is 13. The van der Waals surface area contributed by atoms with Crippen LogP contribution in [-0.2, 0) is 38.9 Å². The van der Waals surface area contributed by atoms with Crippen LogP contribution in [0.4, 0.5) is 0 Å². The van der Waals surface area contributed by atoms with Gasteiger partial charge in [-0.2, -0.15) is 8.42 Å². The fourth-order valence-electron chi connectivity index (χ4n) is 1.66. The Morgan fingerprint density at radius 1 is 0.632 bits per heavy atom. The number of aliphatic hydroxyl groups is 2. The standard InChI is InChI=1S/2C6H8O7.C3H9NO3S.4Na.4H/c2*7-3(8)1-6(13,5(11)12)2-4(9)10;1-4-2-3-8(5,6)7;;;;;;;;/h2*13H,1-2H2,(H,7,8)(H,9,10)(H,11,12);4H,2-3H2,1H3,(H,5,6,7);;;;;;;;/q;;;4*+1;4*-1. The van der Waals surface area contributed by atoms with E-state index in [1.165, 1.54) is 0 Å². The molecule has 0 saturated heterocycles. The van der Waals surface area contributed by atoms with Gasteiger partial charge in [-0.1, -0.05) is 0 Å². The molecule has 0 aliphatic carbocycles. The first kappa shape index (κ1) is 54.7. The van der Waals surface area contributed by atoms with E-state index in [-0.39, 0.29) is 130 Å². The molecule has 10 N–H and O–H groups in total. The average Bonchev–Trinajstić information content (AvgIpc) is 2.57. The first-order chi connectivity index (χ1) is 15.1. The summed E-state index contributed by atoms with van der Waals surface area (Å²) in [4.78, 5) is 61.0. The van der Waals surface area contributed by atoms with Crippen molar-refractivity contribution in [2.75, 3.05) is 19.3 Å². The SMILES string of the molecule is CNCCS(=O)(=O)O.O=C(O)CC(O)(CC(=O)O)C(=O)O.O=C(O)CC(O)(CC(=O)O)C(=O)O.[H-].[H-].[H-].[H-].[Na+].[Na+].[Na+].[Na+]. The summed E-state index contributed by atoms with van der Waals surface area (Å²) >= 11 is 0. The van der Waals surface area contributed by atoms with E-state index >= 15 is 0 Å². The first-order valence-corrected chi connectivity index (χ1v) is 10.1. The van der Waals surface area contributed by atoms with Crippen molar-refractivity contribution in [1.82, 2.24) is 5.32 Å². The van der Waals surface area contributed by atoms with Crippen LogP contribution in [0.1, 0.15) is 31.4 Å². The van der Waals surface area contributed by atoms with Crippen molar-refractivity contribution in [2.45, 2.75) is 36.9 Å². The number of aliphatic carboxylic acids is 6. The zero-order valence-electron chi connectivity index (χ0n) is 25.4. The molecule has 0 aromatic carbocycles. The molecule has 0 aliphatic rings. The molecule has 206 valence electrons. The minimum absolute atomic E-state index is 0. The third-order valence-electron chi connectivity index (χ3n) is 3.18. The Labute approximate surface area is 310 Å². The molecule has 0 amide bonds. The van der Waals surface area contributed by atoms with Crippen molar-refractivity contribution in [1.29, 1.82) is 0 Å². The van der Waals surface area contributed by atoms with Crippen LogP contribution in [0.5, 0.6) is 0 Å². The Balaban J connectivity index is -0.0000000356. The maximum atomic E-state index is 10.3. The second kappa shape index (κ2) is 26.5. The summed E-state index contributed by atoms with van der Waals surface area (Å²) in [5, 5.41) is 70.2. The van der Waals surface area contributed by atoms with Crippen LogP contribution in [0.3, 0.4) is 0 Å². The molecule has 0 radical (unpaired) electrons. The minimum atomic E-state index is -3.75. The van der Waals surface area contributed by atoms with Crippen molar-refractivity contribution in [3.05, 3.63) is 0 Å². The Morgan fingerprint density at radius 3 is 0.921 bits per heavy atom. The fourth-order valence-corrected chi connectivity index (χ4v) is 2.12. The van der Waals surface area contributed by atoms with Gasteiger partial charge in [-0.15, -0.1) is 0 Å². The number of hydrogen-bond acceptors (Lipinski definition) is 11. The predicted octanol–water partition coefficient (Wildman–Crippen LogP) is -14.9. The molecule has 23 heteroatoms. The zero-order valence-corrected chi connectivity index (χ0v) is 30.3. The monoisotopic (exact) mass is 619 g/mol. The zero-order chi connectivity index (χ0) is 27.9. The van der Waals surface area contributed by atoms with E-state index in [4.69, 9.17) is 45.4 Å². The van der Waals surface area contributed by atoms with Gasteiger partial charge < -0.3 is 51.9 Å². The third-order valence-corrected chi connectivity index (χ3v) is 3.90. The van der Waals surface area contributed by atoms with E-state index in [0.29, 0.717) is 6.54 Å². The van der Waals surface area contributed by atoms with E-state index in [1.54, 1.807) is 7.05 Å². The molecule has 0 heterocycles. The summed E-state index contributed by atoms with van der Waals surface area (Å²) in [7, 11) is -2.13. The van der Waals surface area contributed by atoms with Crippen molar-refractivity contribution in [3.8, 4) is 0 Å². The second-order valence-corrected chi connectivity index (χ2v) is 7.92. The molecule has 0 aliphatic heterocycles. The summed E-state index contributed by atoms with van der Waals surface area (Å²) in [5.74, 6) is -10.3. The van der Waals surface area contributed by atoms with Crippen molar-refractivity contribution in [2.24, 2.45) is 0 Å². The summed E-state index contributed by atoms with van der Waals surface area (Å²) in [5.41, 5.74) is -5.48. The summed E-state index contributed by atoms with van der Waals surface area (Å²) in [6.07, 6.45) is -4.58. The quantitative estimate of drug-likeness (QED) is 0.0675. The van der Waals surface area contributed by atoms with Gasteiger partial charge in [0, 0.05) is 6.54 Å². The number of carboxylic acids is 6. The Kier molecular flexibility index (Phi) is 38.1. The van der Waals surface area contributed by atoms with E-state index in [2.05, 4.69) is 5.32 Å². The maximum Gasteiger partial charge on any atom is 1.00 e. The van der Waals surface area contributed by atoms with Gasteiger partial charge in [0.15, 0.2) is 11.2 Å². The van der Waals surface area contributed by atoms with Crippen LogP contribution in [0, 0.1) is 0 Å². The molecule has 0 atom stereocenters. The Morgan fingerprint density at radius 2 is 0.842 bits per heavy atom. The van der Waals surface area contributed by atoms with Crippen LogP contribution in [0.25, 0.3) is 0 Å². The maximum absolute atomic E-state index is 10.3. The first-order valence-electron chi connectivity index (χ1n) is 8.50. The normalized spacial score (nSPS) is 9.89. The summed E-state index contributed by atoms with van der Waals surface area (Å²) in [6, 6.07) is 0. The largest absolute Gasteiger partial charge is 1.00 e. The molecule has 0 saturated carbocycles. The topological polar surface area (TPSA) is 331 Å². The van der Waals surface area contributed by atoms with Gasteiger partial charge >= 0.3 is 154 Å². The number of carbonyl (C=O) groups is 6. The second-order valence-electron chi connectivity index (χ2n) is 6.35. The van der Waals surface area contributed by atoms with Gasteiger partial charge in [0.05, 0.1) is 31.4 Å². The van der Waals surface area contributed by atoms with Gasteiger partial charge in [0.2, 0.25) is 0 Å². The summed E-state index contributed by atoms with van der Waals surface area (Å²) < 4.78 is 27.9. The Hall–Kier alpha value is 0.610. The van der Waals surface area contributed by atoms with E-state index in [0.717, 1.165) is 0 Å². The average molecular weight is 619 g/mol. The van der Waals surface area contributed by atoms with E-state index in [1.807, 2.05) is 0 Å². The van der Waals surface area contributed by atoms with Crippen LogP contribution in [0.15, 0.2) is 0 Å². The molecule has 38 heavy (non-hydrogen) atoms. The number of hydrogen-bond donors (Lipinski definition) is 10. The van der Waals surface area contributed by atoms with Crippen molar-refractivity contribution in [3.63, 3.8) is 0 Å². The molecule has 0 unspecified atom stereocenters. The fraction of sp³-hybridized carbons (Fsp3) is 0.600. The van der Waals surface area contributed by atoms with Gasteiger partial charge in [-0.3, -0.25) is 23.7 Å². The summed E-state index contributed by atoms with van der Waals surface area (Å²) in [6.45, 7) is 0.291. The van der Waals surface area contributed by atoms with Crippen LogP contribution in [0.2, 0.25) is 0 Å². The number of carboxylic acid groups (broad SMARTS) is 6. The predicted molar refractivity (Wildman–Crippen MR) is 109 cm³/mol. The minimum Gasteiger partial charge on any atom is -1.00 e. The molecular formula is C15H29NNa4O17S. The smallest absolute Gasteiger partial charge is 1.00 e. The molecule has 0 bridgehead atoms. The molecule has 0 rings (SSSR count). The molecular weight excluding hydrogens is 590 g/mol.